The molecule has 5 aromatic carbocycles. The van der Waals surface area contributed by atoms with Crippen molar-refractivity contribution in [2.75, 3.05) is 0 Å². The Morgan fingerprint density at radius 1 is 0.608 bits per heavy atom. The van der Waals surface area contributed by atoms with Gasteiger partial charge in [-0.05, 0) is 39.5 Å². The van der Waals surface area contributed by atoms with Crippen LogP contribution in [0, 0.1) is 12.1 Å². The molecule has 0 aromatic heterocycles. The summed E-state index contributed by atoms with van der Waals surface area (Å²) < 4.78 is 2.31. The van der Waals surface area contributed by atoms with E-state index in [4.69, 9.17) is 0 Å². The average molecular weight is 791 g/mol. The molecule has 0 saturated heterocycles. The number of rotatable bonds is 4. The van der Waals surface area contributed by atoms with Gasteiger partial charge in [0.15, 0.2) is 0 Å². The number of halogens is 2. The molecule has 2 aliphatic carbocycles. The topological polar surface area (TPSA) is 0 Å². The Balaban J connectivity index is 0.000000323. The summed E-state index contributed by atoms with van der Waals surface area (Å²) >= 11 is 1.49. The number of fused-ring (bicyclic) bond motifs is 3. The molecule has 0 atom stereocenters. The van der Waals surface area contributed by atoms with E-state index in [0.29, 0.717) is 0 Å². The second-order valence-electron chi connectivity index (χ2n) is 15.6. The predicted molar refractivity (Wildman–Crippen MR) is 223 cm³/mol. The zero-order valence-electron chi connectivity index (χ0n) is 31.4. The van der Waals surface area contributed by atoms with Crippen molar-refractivity contribution in [1.82, 2.24) is 0 Å². The summed E-state index contributed by atoms with van der Waals surface area (Å²) in [4.78, 5) is 0. The second kappa shape index (κ2) is 18.1. The van der Waals surface area contributed by atoms with Crippen molar-refractivity contribution < 1.29 is 24.2 Å². The minimum Gasteiger partial charge on any atom is -0.273 e. The van der Waals surface area contributed by atoms with E-state index in [1.165, 1.54) is 85.4 Å². The number of hydrogen-bond acceptors (Lipinski definition) is 0. The first-order chi connectivity index (χ1) is 23.3. The van der Waals surface area contributed by atoms with Gasteiger partial charge in [0.1, 0.15) is 0 Å². The van der Waals surface area contributed by atoms with Crippen molar-refractivity contribution in [2.24, 2.45) is 0 Å². The zero-order chi connectivity index (χ0) is 35.2. The third-order valence-corrected chi connectivity index (χ3v) is 11.1. The van der Waals surface area contributed by atoms with Gasteiger partial charge in [0.2, 0.25) is 0 Å². The maximum atomic E-state index is 3.88. The van der Waals surface area contributed by atoms with E-state index >= 15 is 0 Å². The van der Waals surface area contributed by atoms with Crippen molar-refractivity contribution in [2.45, 2.75) is 84.5 Å². The molecule has 0 saturated carbocycles. The third-order valence-electron chi connectivity index (χ3n) is 9.29. The molecule has 5 aromatic rings. The van der Waals surface area contributed by atoms with E-state index in [1.807, 2.05) is 12.2 Å². The van der Waals surface area contributed by atoms with Gasteiger partial charge in [-0.15, -0.1) is 60.1 Å². The summed E-state index contributed by atoms with van der Waals surface area (Å²) in [7, 11) is 0. The van der Waals surface area contributed by atoms with Crippen LogP contribution in [0.1, 0.15) is 89.6 Å². The van der Waals surface area contributed by atoms with Crippen molar-refractivity contribution in [1.29, 1.82) is 0 Å². The van der Waals surface area contributed by atoms with E-state index in [-0.39, 0.29) is 41.1 Å². The molecule has 0 aliphatic heterocycles. The summed E-state index contributed by atoms with van der Waals surface area (Å²) in [6.45, 7) is 18.4. The Bertz CT molecular complexity index is 1820. The van der Waals surface area contributed by atoms with Crippen LogP contribution in [0.25, 0.3) is 33.4 Å². The van der Waals surface area contributed by atoms with Gasteiger partial charge in [-0.1, -0.05) is 131 Å². The van der Waals surface area contributed by atoms with Crippen molar-refractivity contribution in [3.8, 4) is 33.4 Å². The summed E-state index contributed by atoms with van der Waals surface area (Å²) in [5, 5.41) is 0. The molecule has 0 nitrogen and oxygen atoms in total. The van der Waals surface area contributed by atoms with Gasteiger partial charge >= 0.3 is 83.1 Å². The SMILES string of the molecule is CC(C)(C)c1cc2c([c-]c1-c1ccccc1)Cc1cc(-c3ccccc3)c(C(C)(C)C)cc1-2.CC(C)([CH]=[Zr+2])c1ccccc1.Cl.Cl.[C-]1=CC=CC1. The van der Waals surface area contributed by atoms with Gasteiger partial charge in [-0.25, -0.2) is 12.2 Å². The van der Waals surface area contributed by atoms with E-state index in [0.717, 1.165) is 12.8 Å². The minimum absolute atomic E-state index is 0. The monoisotopic (exact) mass is 788 g/mol. The van der Waals surface area contributed by atoms with Gasteiger partial charge in [0, 0.05) is 0 Å². The van der Waals surface area contributed by atoms with Gasteiger partial charge < -0.3 is 0 Å². The molecule has 0 radical (unpaired) electrons. The molecular formula is C48H52Cl2Zr. The quantitative estimate of drug-likeness (QED) is 0.156. The van der Waals surface area contributed by atoms with Crippen molar-refractivity contribution >= 4 is 28.5 Å². The van der Waals surface area contributed by atoms with E-state index < -0.39 is 0 Å². The van der Waals surface area contributed by atoms with Crippen LogP contribution < -0.4 is 0 Å². The first-order valence-corrected chi connectivity index (χ1v) is 18.9. The largest absolute Gasteiger partial charge is 0.273 e. The van der Waals surface area contributed by atoms with Gasteiger partial charge in [0.25, 0.3) is 0 Å². The molecule has 0 unspecified atom stereocenters. The average Bonchev–Trinajstić information content (AvgIpc) is 3.80. The van der Waals surface area contributed by atoms with E-state index in [9.17, 15) is 0 Å². The van der Waals surface area contributed by atoms with Gasteiger partial charge in [-0.3, -0.25) is 6.08 Å². The molecule has 2 aliphatic rings. The smallest absolute Gasteiger partial charge is 0.109 e. The van der Waals surface area contributed by atoms with Crippen molar-refractivity contribution in [3.63, 3.8) is 0 Å². The predicted octanol–water partition coefficient (Wildman–Crippen LogP) is 13.4. The van der Waals surface area contributed by atoms with E-state index in [2.05, 4.69) is 187 Å². The standard InChI is InChI=1S/C33H33.C10H12.C5H5.2ClH.Zr/c1-32(2,3)30-20-26-24(18-28(30)22-13-9-7-10-14-22)17-25-19-29(23-15-11-8-12-16-23)31(21-27(25)26)33(4,5)6;1-10(2,3)9-7-5-4-6-8-9;1-2-4-5-3-1;;;/h7-16,18,20-21H,17H2,1-6H3;1,4-8H,2-3H3;1-3H,4H2;2*1H;/q-1;;-1;;;+2. The molecular weight excluding hydrogens is 739 g/mol. The summed E-state index contributed by atoms with van der Waals surface area (Å²) in [5.74, 6) is 0. The molecule has 3 heteroatoms. The summed E-state index contributed by atoms with van der Waals surface area (Å²) in [5.41, 5.74) is 15.1. The summed E-state index contributed by atoms with van der Waals surface area (Å²) in [6.07, 6.45) is 10.9. The Morgan fingerprint density at radius 3 is 1.61 bits per heavy atom. The Hall–Kier alpha value is -3.09. The fourth-order valence-electron chi connectivity index (χ4n) is 6.39. The summed E-state index contributed by atoms with van der Waals surface area (Å²) in [6, 6.07) is 43.4. The minimum atomic E-state index is 0. The van der Waals surface area contributed by atoms with Crippen LogP contribution in [0.5, 0.6) is 0 Å². The maximum Gasteiger partial charge on any atom is -0.109 e. The molecule has 0 bridgehead atoms. The van der Waals surface area contributed by atoms with E-state index in [1.54, 1.807) is 0 Å². The molecule has 0 N–H and O–H groups in total. The van der Waals surface area contributed by atoms with Crippen LogP contribution in [0.4, 0.5) is 0 Å². The molecule has 262 valence electrons. The molecule has 0 amide bonds. The fourth-order valence-corrected chi connectivity index (χ4v) is 6.80. The normalized spacial score (nSPS) is 12.6. The van der Waals surface area contributed by atoms with Crippen LogP contribution in [0.2, 0.25) is 0 Å². The second-order valence-corrected chi connectivity index (χ2v) is 16.4. The van der Waals surface area contributed by atoms with Gasteiger partial charge in [0.05, 0.1) is 0 Å². The molecule has 0 heterocycles. The maximum absolute atomic E-state index is 3.88. The fraction of sp³-hybridized carbons (Fsp3) is 0.271. The molecule has 0 spiro atoms. The van der Waals surface area contributed by atoms with Crippen LogP contribution in [-0.4, -0.2) is 3.71 Å². The van der Waals surface area contributed by atoms with Gasteiger partial charge in [-0.2, -0.15) is 6.08 Å². The molecule has 7 rings (SSSR count). The third kappa shape index (κ3) is 10.5. The first kappa shape index (κ1) is 42.3. The van der Waals surface area contributed by atoms with Crippen LogP contribution in [0.15, 0.2) is 127 Å². The van der Waals surface area contributed by atoms with Crippen LogP contribution in [-0.2, 0) is 46.9 Å². The Kier molecular flexibility index (Phi) is 15.0. The first-order valence-electron chi connectivity index (χ1n) is 17.5. The molecule has 51 heavy (non-hydrogen) atoms. The number of benzene rings is 5. The number of allylic oxidation sites excluding steroid dienone is 4. The number of hydrogen-bond donors (Lipinski definition) is 0. The Labute approximate surface area is 335 Å². The van der Waals surface area contributed by atoms with Crippen LogP contribution in [0.3, 0.4) is 0 Å². The zero-order valence-corrected chi connectivity index (χ0v) is 35.5. The van der Waals surface area contributed by atoms with Crippen LogP contribution >= 0.6 is 24.8 Å². The van der Waals surface area contributed by atoms with Crippen molar-refractivity contribution in [3.05, 3.63) is 167 Å². The Morgan fingerprint density at radius 2 is 1.14 bits per heavy atom. The molecule has 0 fully saturated rings.